The van der Waals surface area contributed by atoms with Crippen LogP contribution in [0.25, 0.3) is 10.8 Å². The van der Waals surface area contributed by atoms with Crippen molar-refractivity contribution in [3.8, 4) is 17.2 Å². The summed E-state index contributed by atoms with van der Waals surface area (Å²) in [6.45, 7) is 4.19. The molecule has 3 rings (SSSR count). The Morgan fingerprint density at radius 3 is 1.96 bits per heavy atom. The quantitative estimate of drug-likeness (QED) is 0.494. The molecule has 0 unspecified atom stereocenters. The minimum atomic E-state index is 0.502. The fourth-order valence-electron chi connectivity index (χ4n) is 3.55. The fourth-order valence-corrected chi connectivity index (χ4v) is 3.55. The van der Waals surface area contributed by atoms with Gasteiger partial charge in [-0.15, -0.1) is 0 Å². The molecule has 2 aromatic carbocycles. The number of hydrogen-bond donors (Lipinski definition) is 0. The SMILES string of the molecule is COCCOc1c2c(c(OCCOC)c3c(C)cc(OC)cc13)CC=CC2. The lowest BCUT2D eigenvalue weighted by atomic mass is 9.89. The number of rotatable bonds is 9. The van der Waals surface area contributed by atoms with Crippen molar-refractivity contribution in [2.75, 3.05) is 47.8 Å². The third kappa shape index (κ3) is 4.04. The molecule has 0 bridgehead atoms. The Hall–Kier alpha value is -2.24. The molecule has 0 saturated heterocycles. The summed E-state index contributed by atoms with van der Waals surface area (Å²) in [7, 11) is 5.05. The standard InChI is InChI=1S/C22H28O5/c1-15-13-16(25-4)14-19-20(15)22(27-12-10-24-3)18-8-6-5-7-17(18)21(19)26-11-9-23-2/h5-6,13-14H,7-12H2,1-4H3. The number of fused-ring (bicyclic) bond motifs is 2. The summed E-state index contributed by atoms with van der Waals surface area (Å²) in [5.74, 6) is 2.65. The van der Waals surface area contributed by atoms with Gasteiger partial charge in [-0.2, -0.15) is 0 Å². The van der Waals surface area contributed by atoms with E-state index in [-0.39, 0.29) is 0 Å². The van der Waals surface area contributed by atoms with E-state index < -0.39 is 0 Å². The van der Waals surface area contributed by atoms with E-state index in [0.717, 1.165) is 46.4 Å². The Kier molecular flexibility index (Phi) is 6.58. The minimum Gasteiger partial charge on any atom is -0.497 e. The van der Waals surface area contributed by atoms with Crippen molar-refractivity contribution in [2.24, 2.45) is 0 Å². The maximum atomic E-state index is 6.21. The number of hydrogen-bond acceptors (Lipinski definition) is 5. The largest absolute Gasteiger partial charge is 0.497 e. The Morgan fingerprint density at radius 1 is 0.778 bits per heavy atom. The molecule has 0 amide bonds. The van der Waals surface area contributed by atoms with Gasteiger partial charge in [0.15, 0.2) is 0 Å². The smallest absolute Gasteiger partial charge is 0.131 e. The Morgan fingerprint density at radius 2 is 1.37 bits per heavy atom. The molecule has 0 spiro atoms. The second-order valence-electron chi connectivity index (χ2n) is 6.54. The summed E-state index contributed by atoms with van der Waals surface area (Å²) in [4.78, 5) is 0. The van der Waals surface area contributed by atoms with Gasteiger partial charge in [0.1, 0.15) is 30.5 Å². The second-order valence-corrected chi connectivity index (χ2v) is 6.54. The van der Waals surface area contributed by atoms with Gasteiger partial charge in [-0.1, -0.05) is 12.2 Å². The maximum Gasteiger partial charge on any atom is 0.131 e. The lowest BCUT2D eigenvalue weighted by Gasteiger charge is -2.24. The van der Waals surface area contributed by atoms with Gasteiger partial charge < -0.3 is 23.7 Å². The van der Waals surface area contributed by atoms with Crippen LogP contribution in [0, 0.1) is 6.92 Å². The van der Waals surface area contributed by atoms with Crippen molar-refractivity contribution in [1.29, 1.82) is 0 Å². The number of benzene rings is 2. The molecule has 27 heavy (non-hydrogen) atoms. The van der Waals surface area contributed by atoms with Crippen LogP contribution in [0.2, 0.25) is 0 Å². The van der Waals surface area contributed by atoms with Gasteiger partial charge in [0.25, 0.3) is 0 Å². The minimum absolute atomic E-state index is 0.502. The lowest BCUT2D eigenvalue weighted by Crippen LogP contribution is -2.13. The first-order valence-corrected chi connectivity index (χ1v) is 9.25. The van der Waals surface area contributed by atoms with Crippen molar-refractivity contribution in [3.63, 3.8) is 0 Å². The zero-order valence-electron chi connectivity index (χ0n) is 16.6. The van der Waals surface area contributed by atoms with Crippen molar-refractivity contribution >= 4 is 10.8 Å². The molecule has 1 aliphatic carbocycles. The van der Waals surface area contributed by atoms with E-state index in [1.807, 2.05) is 12.1 Å². The molecular formula is C22H28O5. The average molecular weight is 372 g/mol. The third-order valence-electron chi connectivity index (χ3n) is 4.81. The predicted molar refractivity (Wildman–Crippen MR) is 107 cm³/mol. The molecule has 0 aliphatic heterocycles. The van der Waals surface area contributed by atoms with Gasteiger partial charge in [0.05, 0.1) is 20.3 Å². The van der Waals surface area contributed by atoms with Gasteiger partial charge >= 0.3 is 0 Å². The van der Waals surface area contributed by atoms with Gasteiger partial charge in [-0.3, -0.25) is 0 Å². The van der Waals surface area contributed by atoms with E-state index in [0.29, 0.717) is 26.4 Å². The monoisotopic (exact) mass is 372 g/mol. The molecule has 146 valence electrons. The Labute approximate surface area is 160 Å². The third-order valence-corrected chi connectivity index (χ3v) is 4.81. The van der Waals surface area contributed by atoms with Gasteiger partial charge in [-0.25, -0.2) is 0 Å². The summed E-state index contributed by atoms with van der Waals surface area (Å²) in [6.07, 6.45) is 6.03. The molecule has 0 saturated carbocycles. The van der Waals surface area contributed by atoms with E-state index in [1.54, 1.807) is 21.3 Å². The molecule has 2 aromatic rings. The van der Waals surface area contributed by atoms with E-state index >= 15 is 0 Å². The van der Waals surface area contributed by atoms with Crippen LogP contribution in [-0.2, 0) is 22.3 Å². The number of ether oxygens (including phenoxy) is 5. The predicted octanol–water partition coefficient (Wildman–Crippen LogP) is 3.86. The highest BCUT2D eigenvalue weighted by Gasteiger charge is 2.24. The van der Waals surface area contributed by atoms with Crippen LogP contribution >= 0.6 is 0 Å². The van der Waals surface area contributed by atoms with Crippen molar-refractivity contribution in [1.82, 2.24) is 0 Å². The second kappa shape index (κ2) is 9.11. The van der Waals surface area contributed by atoms with Crippen molar-refractivity contribution in [3.05, 3.63) is 41.0 Å². The number of aryl methyl sites for hydroxylation is 1. The van der Waals surface area contributed by atoms with Crippen LogP contribution in [0.5, 0.6) is 17.2 Å². The van der Waals surface area contributed by atoms with Crippen LogP contribution in [0.3, 0.4) is 0 Å². The normalized spacial score (nSPS) is 12.9. The molecule has 0 fully saturated rings. The van der Waals surface area contributed by atoms with E-state index in [2.05, 4.69) is 19.1 Å². The summed E-state index contributed by atoms with van der Waals surface area (Å²) >= 11 is 0. The molecule has 5 heteroatoms. The fraction of sp³-hybridized carbons (Fsp3) is 0.455. The molecule has 0 radical (unpaired) electrons. The van der Waals surface area contributed by atoms with Gasteiger partial charge in [0, 0.05) is 36.1 Å². The molecular weight excluding hydrogens is 344 g/mol. The van der Waals surface area contributed by atoms with Crippen LogP contribution in [-0.4, -0.2) is 47.8 Å². The summed E-state index contributed by atoms with van der Waals surface area (Å²) in [5.41, 5.74) is 3.48. The lowest BCUT2D eigenvalue weighted by molar-refractivity contribution is 0.144. The number of allylic oxidation sites excluding steroid dienone is 2. The molecule has 0 heterocycles. The highest BCUT2D eigenvalue weighted by atomic mass is 16.5. The van der Waals surface area contributed by atoms with Crippen molar-refractivity contribution in [2.45, 2.75) is 19.8 Å². The first-order valence-electron chi connectivity index (χ1n) is 9.25. The highest BCUT2D eigenvalue weighted by Crippen LogP contribution is 2.45. The molecule has 1 aliphatic rings. The highest BCUT2D eigenvalue weighted by molar-refractivity contribution is 5.99. The Balaban J connectivity index is 2.22. The van der Waals surface area contributed by atoms with Crippen molar-refractivity contribution < 1.29 is 23.7 Å². The zero-order chi connectivity index (χ0) is 19.2. The summed E-state index contributed by atoms with van der Waals surface area (Å²) < 4.78 is 28.3. The summed E-state index contributed by atoms with van der Waals surface area (Å²) in [6, 6.07) is 4.07. The van der Waals surface area contributed by atoms with Gasteiger partial charge in [0.2, 0.25) is 0 Å². The molecule has 5 nitrogen and oxygen atoms in total. The van der Waals surface area contributed by atoms with E-state index in [4.69, 9.17) is 23.7 Å². The molecule has 0 aromatic heterocycles. The van der Waals surface area contributed by atoms with Crippen LogP contribution < -0.4 is 14.2 Å². The van der Waals surface area contributed by atoms with E-state index in [1.165, 1.54) is 11.1 Å². The van der Waals surface area contributed by atoms with Crippen LogP contribution in [0.1, 0.15) is 16.7 Å². The summed E-state index contributed by atoms with van der Waals surface area (Å²) in [5, 5.41) is 2.10. The topological polar surface area (TPSA) is 46.2 Å². The average Bonchev–Trinajstić information content (AvgIpc) is 2.69. The maximum absolute atomic E-state index is 6.21. The van der Waals surface area contributed by atoms with Crippen LogP contribution in [0.4, 0.5) is 0 Å². The van der Waals surface area contributed by atoms with E-state index in [9.17, 15) is 0 Å². The zero-order valence-corrected chi connectivity index (χ0v) is 16.6. The van der Waals surface area contributed by atoms with Crippen LogP contribution in [0.15, 0.2) is 24.3 Å². The number of methoxy groups -OCH3 is 3. The Bertz CT molecular complexity index is 826. The molecule has 0 atom stereocenters. The van der Waals surface area contributed by atoms with Gasteiger partial charge in [-0.05, 0) is 37.5 Å². The molecule has 0 N–H and O–H groups in total. The first kappa shape index (κ1) is 19.5. The first-order chi connectivity index (χ1) is 13.2.